The summed E-state index contributed by atoms with van der Waals surface area (Å²) >= 11 is 4.53. The number of Topliss-reactive ketones (excluding diaryl/α,β-unsaturated/α-hetero) is 4. The van der Waals surface area contributed by atoms with E-state index in [-0.39, 0.29) is 27.8 Å². The molecule has 0 unspecified atom stereocenters. The van der Waals surface area contributed by atoms with E-state index in [1.165, 1.54) is 40.4 Å². The summed E-state index contributed by atoms with van der Waals surface area (Å²) in [7, 11) is 0. The average molecular weight is 713 g/mol. The normalized spacial score (nSPS) is 19.9. The van der Waals surface area contributed by atoms with E-state index in [4.69, 9.17) is 0 Å². The molecular weight excluding hydrogens is 693 g/mol. The summed E-state index contributed by atoms with van der Waals surface area (Å²) in [6.45, 7) is 8.54. The van der Waals surface area contributed by atoms with Crippen LogP contribution in [0.3, 0.4) is 0 Å². The van der Waals surface area contributed by atoms with Crippen molar-refractivity contribution in [2.45, 2.75) is 38.5 Å². The molecule has 4 aliphatic rings. The number of hydrogen-bond donors (Lipinski definition) is 0. The van der Waals surface area contributed by atoms with Crippen LogP contribution < -0.4 is 0 Å². The molecule has 49 heavy (non-hydrogen) atoms. The SMILES string of the molecule is CC1(C)C2=C(c3sc(/C=C4\C(=O)C(=O)c5cc(F)cc(F)c54)cc31)C(C)(C)c1c2sc2cc(/C=C3\C(=O)C(=O)c4c(F)cc(F)cc43)sc12. The zero-order valence-electron chi connectivity index (χ0n) is 26.0. The predicted octanol–water partition coefficient (Wildman–Crippen LogP) is 9.69. The minimum Gasteiger partial charge on any atom is -0.285 e. The van der Waals surface area contributed by atoms with Crippen molar-refractivity contribution in [3.05, 3.63) is 113 Å². The molecule has 0 atom stereocenters. The predicted molar refractivity (Wildman–Crippen MR) is 184 cm³/mol. The van der Waals surface area contributed by atoms with Gasteiger partial charge in [-0.3, -0.25) is 19.2 Å². The lowest BCUT2D eigenvalue weighted by Crippen LogP contribution is -2.16. The molecule has 4 aliphatic carbocycles. The molecule has 0 aliphatic heterocycles. The summed E-state index contributed by atoms with van der Waals surface area (Å²) in [4.78, 5) is 54.4. The number of halogens is 4. The first-order chi connectivity index (χ1) is 23.1. The maximum Gasteiger partial charge on any atom is 0.237 e. The van der Waals surface area contributed by atoms with Gasteiger partial charge in [-0.25, -0.2) is 17.6 Å². The van der Waals surface area contributed by atoms with Gasteiger partial charge in [-0.2, -0.15) is 0 Å². The Morgan fingerprint density at radius 3 is 1.88 bits per heavy atom. The first-order valence-corrected chi connectivity index (χ1v) is 17.6. The number of thiophene rings is 3. The smallest absolute Gasteiger partial charge is 0.237 e. The third-order valence-electron chi connectivity index (χ3n) is 10.0. The molecule has 3 heterocycles. The van der Waals surface area contributed by atoms with E-state index in [0.29, 0.717) is 21.9 Å². The molecule has 4 nitrogen and oxygen atoms in total. The van der Waals surface area contributed by atoms with Gasteiger partial charge in [0.15, 0.2) is 0 Å². The molecule has 242 valence electrons. The zero-order chi connectivity index (χ0) is 34.6. The molecule has 2 aromatic carbocycles. The number of hydrogen-bond acceptors (Lipinski definition) is 7. The maximum absolute atomic E-state index is 14.9. The lowest BCUT2D eigenvalue weighted by molar-refractivity contribution is -0.110. The van der Waals surface area contributed by atoms with Crippen molar-refractivity contribution in [2.75, 3.05) is 0 Å². The van der Waals surface area contributed by atoms with Gasteiger partial charge in [0.1, 0.15) is 23.3 Å². The average Bonchev–Trinajstić information content (AvgIpc) is 3.83. The van der Waals surface area contributed by atoms with Crippen LogP contribution in [0.2, 0.25) is 0 Å². The van der Waals surface area contributed by atoms with Crippen molar-refractivity contribution < 1.29 is 36.7 Å². The van der Waals surface area contributed by atoms with Crippen molar-refractivity contribution in [1.82, 2.24) is 0 Å². The highest BCUT2D eigenvalue weighted by Gasteiger charge is 2.53. The fraction of sp³-hybridized carbons (Fsp3) is 0.158. The Balaban J connectivity index is 1.14. The first kappa shape index (κ1) is 30.5. The van der Waals surface area contributed by atoms with Crippen LogP contribution in [-0.2, 0) is 20.4 Å². The molecule has 11 heteroatoms. The van der Waals surface area contributed by atoms with E-state index in [2.05, 4.69) is 27.7 Å². The summed E-state index contributed by atoms with van der Waals surface area (Å²) < 4.78 is 59.3. The topological polar surface area (TPSA) is 68.3 Å². The van der Waals surface area contributed by atoms with Crippen LogP contribution in [0.1, 0.15) is 90.2 Å². The summed E-state index contributed by atoms with van der Waals surface area (Å²) in [6.07, 6.45) is 3.05. The number of allylic oxidation sites excluding steroid dienone is 4. The highest BCUT2D eigenvalue weighted by atomic mass is 32.1. The van der Waals surface area contributed by atoms with Gasteiger partial charge in [0, 0.05) is 75.0 Å². The van der Waals surface area contributed by atoms with Crippen LogP contribution in [-0.4, -0.2) is 23.1 Å². The molecule has 0 amide bonds. The van der Waals surface area contributed by atoms with Gasteiger partial charge in [0.25, 0.3) is 0 Å². The lowest BCUT2D eigenvalue weighted by atomic mass is 9.80. The zero-order valence-corrected chi connectivity index (χ0v) is 28.4. The quantitative estimate of drug-likeness (QED) is 0.104. The van der Waals surface area contributed by atoms with Gasteiger partial charge in [-0.1, -0.05) is 27.7 Å². The summed E-state index contributed by atoms with van der Waals surface area (Å²) in [5.74, 6) is -7.48. The van der Waals surface area contributed by atoms with Crippen LogP contribution in [0.4, 0.5) is 17.6 Å². The Labute approximate surface area is 287 Å². The fourth-order valence-corrected chi connectivity index (χ4v) is 12.4. The number of fused-ring (bicyclic) bond motifs is 8. The Bertz CT molecular complexity index is 2620. The minimum absolute atomic E-state index is 0.0371. The van der Waals surface area contributed by atoms with Gasteiger partial charge < -0.3 is 0 Å². The van der Waals surface area contributed by atoms with Crippen molar-refractivity contribution in [2.24, 2.45) is 0 Å². The second-order valence-electron chi connectivity index (χ2n) is 13.6. The Hall–Kier alpha value is -4.58. The molecule has 0 spiro atoms. The van der Waals surface area contributed by atoms with Gasteiger partial charge in [0.05, 0.1) is 10.3 Å². The summed E-state index contributed by atoms with van der Waals surface area (Å²) in [6, 6.07) is 7.08. The number of carbonyl (C=O) groups is 4. The highest BCUT2D eigenvalue weighted by molar-refractivity contribution is 7.29. The van der Waals surface area contributed by atoms with Crippen molar-refractivity contribution >= 4 is 101 Å². The Morgan fingerprint density at radius 2 is 1.16 bits per heavy atom. The van der Waals surface area contributed by atoms with E-state index < -0.39 is 62.8 Å². The van der Waals surface area contributed by atoms with Crippen molar-refractivity contribution in [3.8, 4) is 0 Å². The third-order valence-corrected chi connectivity index (χ3v) is 13.5. The molecule has 0 saturated carbocycles. The Morgan fingerprint density at radius 1 is 0.571 bits per heavy atom. The van der Waals surface area contributed by atoms with Gasteiger partial charge >= 0.3 is 0 Å². The molecule has 0 N–H and O–H groups in total. The molecule has 0 fully saturated rings. The second-order valence-corrected chi connectivity index (χ2v) is 16.8. The van der Waals surface area contributed by atoms with Crippen LogP contribution >= 0.6 is 34.0 Å². The summed E-state index contributed by atoms with van der Waals surface area (Å²) in [5.41, 5.74) is 2.57. The van der Waals surface area contributed by atoms with Gasteiger partial charge in [-0.05, 0) is 58.7 Å². The highest BCUT2D eigenvalue weighted by Crippen LogP contribution is 2.67. The standard InChI is InChI=1S/C38H20F4O4S3/c1-37(2)21-11-15(10-20-25-19(31(44)32(20)45)6-14(40)7-22(25)41)47-34(21)27-28(37)36-29(38(27,3)4)35-24(49-36)12-16(48-35)9-18-17-5-13(39)8-23(42)26(17)33(46)30(18)43/h5-12H,1-4H3/b18-9-,20-10-. The number of ketones is 4. The lowest BCUT2D eigenvalue weighted by Gasteiger charge is -2.24. The van der Waals surface area contributed by atoms with E-state index in [0.717, 1.165) is 48.0 Å². The molecule has 0 bridgehead atoms. The molecule has 0 saturated heterocycles. The number of rotatable bonds is 2. The van der Waals surface area contributed by atoms with Gasteiger partial charge in [-0.15, -0.1) is 34.0 Å². The second kappa shape index (κ2) is 9.56. The van der Waals surface area contributed by atoms with Crippen molar-refractivity contribution in [1.29, 1.82) is 0 Å². The van der Waals surface area contributed by atoms with Crippen molar-refractivity contribution in [3.63, 3.8) is 0 Å². The number of carbonyl (C=O) groups excluding carboxylic acids is 4. The monoisotopic (exact) mass is 712 g/mol. The van der Waals surface area contributed by atoms with Crippen LogP contribution in [0.5, 0.6) is 0 Å². The molecule has 0 radical (unpaired) electrons. The fourth-order valence-electron chi connectivity index (χ4n) is 7.86. The Kier molecular flexibility index (Phi) is 5.94. The van der Waals surface area contributed by atoms with E-state index >= 15 is 0 Å². The molecule has 5 aromatic rings. The largest absolute Gasteiger partial charge is 0.285 e. The molecular formula is C38H20F4O4S3. The van der Waals surface area contributed by atoms with Gasteiger partial charge in [0.2, 0.25) is 23.1 Å². The minimum atomic E-state index is -1.06. The molecule has 3 aromatic heterocycles. The van der Waals surface area contributed by atoms with E-state index in [9.17, 15) is 36.7 Å². The molecule has 9 rings (SSSR count). The van der Waals surface area contributed by atoms with Crippen LogP contribution in [0.25, 0.3) is 43.8 Å². The van der Waals surface area contributed by atoms with E-state index in [1.54, 1.807) is 11.3 Å². The van der Waals surface area contributed by atoms with Crippen LogP contribution in [0, 0.1) is 23.3 Å². The van der Waals surface area contributed by atoms with E-state index in [1.807, 2.05) is 12.1 Å². The maximum atomic E-state index is 14.9. The third kappa shape index (κ3) is 3.83. The number of benzene rings is 2. The first-order valence-electron chi connectivity index (χ1n) is 15.2. The summed E-state index contributed by atoms with van der Waals surface area (Å²) in [5, 5.41) is 0. The van der Waals surface area contributed by atoms with Crippen LogP contribution in [0.15, 0.2) is 36.4 Å².